The van der Waals surface area contributed by atoms with E-state index < -0.39 is 0 Å². The molecule has 0 saturated carbocycles. The number of anilines is 1. The molecule has 1 saturated heterocycles. The van der Waals surface area contributed by atoms with E-state index in [2.05, 4.69) is 56.8 Å². The quantitative estimate of drug-likeness (QED) is 0.731. The number of hydrogen-bond donors (Lipinski definition) is 1. The Hall–Kier alpha value is -3.03. The van der Waals surface area contributed by atoms with E-state index in [1.165, 1.54) is 4.63 Å². The number of carbonyl (C=O) groups is 1. The van der Waals surface area contributed by atoms with Crippen molar-refractivity contribution in [2.75, 3.05) is 18.0 Å². The van der Waals surface area contributed by atoms with Gasteiger partial charge in [-0.05, 0) is 46.9 Å². The standard InChI is InChI=1S/C20H25N7O/c1-14(2)19(15-6-4-3-5-7-15)21-20(28)16-10-12-26(13-11-16)18-9-8-17-22-24-25-27(17)23-18/h3-9,14,16,19H,10-13H2,1-2H3,(H,21,28). The fraction of sp³-hybridized carbons (Fsp3) is 0.450. The van der Waals surface area contributed by atoms with E-state index in [-0.39, 0.29) is 17.9 Å². The van der Waals surface area contributed by atoms with Gasteiger partial charge in [-0.2, -0.15) is 0 Å². The van der Waals surface area contributed by atoms with Crippen molar-refractivity contribution < 1.29 is 4.79 Å². The van der Waals surface area contributed by atoms with Crippen molar-refractivity contribution in [2.45, 2.75) is 32.7 Å². The highest BCUT2D eigenvalue weighted by atomic mass is 16.2. The Balaban J connectivity index is 1.38. The molecule has 0 spiro atoms. The van der Waals surface area contributed by atoms with Crippen molar-refractivity contribution in [1.29, 1.82) is 0 Å². The molecular weight excluding hydrogens is 354 g/mol. The van der Waals surface area contributed by atoms with Crippen molar-refractivity contribution in [2.24, 2.45) is 11.8 Å². The number of piperidine rings is 1. The van der Waals surface area contributed by atoms with Crippen LogP contribution in [0.25, 0.3) is 5.65 Å². The number of rotatable bonds is 5. The molecule has 1 fully saturated rings. The van der Waals surface area contributed by atoms with Crippen LogP contribution in [0.5, 0.6) is 0 Å². The lowest BCUT2D eigenvalue weighted by atomic mass is 9.92. The summed E-state index contributed by atoms with van der Waals surface area (Å²) in [4.78, 5) is 15.1. The number of tetrazole rings is 1. The minimum Gasteiger partial charge on any atom is -0.355 e. The summed E-state index contributed by atoms with van der Waals surface area (Å²) in [5.74, 6) is 1.34. The number of fused-ring (bicyclic) bond motifs is 1. The van der Waals surface area contributed by atoms with E-state index >= 15 is 0 Å². The van der Waals surface area contributed by atoms with Gasteiger partial charge in [-0.1, -0.05) is 44.2 Å². The Labute approximate surface area is 163 Å². The molecule has 1 aromatic carbocycles. The summed E-state index contributed by atoms with van der Waals surface area (Å²) in [7, 11) is 0. The highest BCUT2D eigenvalue weighted by molar-refractivity contribution is 5.79. The van der Waals surface area contributed by atoms with Gasteiger partial charge in [-0.3, -0.25) is 4.79 Å². The van der Waals surface area contributed by atoms with Crippen LogP contribution >= 0.6 is 0 Å². The lowest BCUT2D eigenvalue weighted by molar-refractivity contribution is -0.126. The molecule has 3 aromatic rings. The van der Waals surface area contributed by atoms with E-state index in [0.29, 0.717) is 11.6 Å². The molecule has 2 aromatic heterocycles. The summed E-state index contributed by atoms with van der Waals surface area (Å²) < 4.78 is 1.43. The van der Waals surface area contributed by atoms with E-state index in [1.54, 1.807) is 0 Å². The molecule has 3 heterocycles. The van der Waals surface area contributed by atoms with Gasteiger partial charge in [0.25, 0.3) is 0 Å². The minimum atomic E-state index is 0.0259. The molecule has 1 aliphatic heterocycles. The Morgan fingerprint density at radius 3 is 2.57 bits per heavy atom. The molecule has 0 radical (unpaired) electrons. The molecule has 1 atom stereocenters. The Morgan fingerprint density at radius 2 is 1.86 bits per heavy atom. The van der Waals surface area contributed by atoms with Gasteiger partial charge in [-0.15, -0.1) is 14.8 Å². The number of nitrogens with one attached hydrogen (secondary N) is 1. The zero-order valence-corrected chi connectivity index (χ0v) is 16.2. The van der Waals surface area contributed by atoms with Gasteiger partial charge < -0.3 is 10.2 Å². The highest BCUT2D eigenvalue weighted by Crippen LogP contribution is 2.25. The molecule has 0 bridgehead atoms. The van der Waals surface area contributed by atoms with Crippen LogP contribution in [-0.2, 0) is 4.79 Å². The maximum Gasteiger partial charge on any atom is 0.223 e. The molecule has 1 amide bonds. The first kappa shape index (κ1) is 18.3. The van der Waals surface area contributed by atoms with Crippen molar-refractivity contribution >= 4 is 17.4 Å². The molecule has 28 heavy (non-hydrogen) atoms. The Bertz CT molecular complexity index is 932. The molecule has 146 valence electrons. The summed E-state index contributed by atoms with van der Waals surface area (Å²) >= 11 is 0. The number of carbonyl (C=O) groups excluding carboxylic acids is 1. The van der Waals surface area contributed by atoms with Crippen LogP contribution in [0.2, 0.25) is 0 Å². The monoisotopic (exact) mass is 379 g/mol. The third kappa shape index (κ3) is 3.81. The summed E-state index contributed by atoms with van der Waals surface area (Å²) in [6.07, 6.45) is 1.61. The third-order valence-corrected chi connectivity index (χ3v) is 5.37. The molecular formula is C20H25N7O. The second-order valence-corrected chi connectivity index (χ2v) is 7.62. The van der Waals surface area contributed by atoms with Crippen LogP contribution in [0.4, 0.5) is 5.82 Å². The van der Waals surface area contributed by atoms with Crippen molar-refractivity contribution in [1.82, 2.24) is 30.6 Å². The van der Waals surface area contributed by atoms with Crippen molar-refractivity contribution in [3.05, 3.63) is 48.0 Å². The summed E-state index contributed by atoms with van der Waals surface area (Å²) in [5, 5.41) is 19.1. The van der Waals surface area contributed by atoms with E-state index in [4.69, 9.17) is 0 Å². The first-order valence-electron chi connectivity index (χ1n) is 9.77. The smallest absolute Gasteiger partial charge is 0.223 e. The predicted octanol–water partition coefficient (Wildman–Crippen LogP) is 2.25. The highest BCUT2D eigenvalue weighted by Gasteiger charge is 2.28. The summed E-state index contributed by atoms with van der Waals surface area (Å²) in [6.45, 7) is 5.86. The number of benzene rings is 1. The molecule has 0 aliphatic carbocycles. The largest absolute Gasteiger partial charge is 0.355 e. The Kier molecular flexibility index (Phi) is 5.18. The van der Waals surface area contributed by atoms with Crippen LogP contribution in [0.3, 0.4) is 0 Å². The number of hydrogen-bond acceptors (Lipinski definition) is 6. The van der Waals surface area contributed by atoms with Gasteiger partial charge in [0.1, 0.15) is 0 Å². The topological polar surface area (TPSA) is 88.3 Å². The maximum atomic E-state index is 12.9. The van der Waals surface area contributed by atoms with Crippen molar-refractivity contribution in [3.63, 3.8) is 0 Å². The first-order chi connectivity index (χ1) is 13.6. The normalized spacial score (nSPS) is 16.5. The predicted molar refractivity (Wildman–Crippen MR) is 106 cm³/mol. The molecule has 8 heteroatoms. The SMILES string of the molecule is CC(C)C(NC(=O)C1CCN(c2ccc3nnnn3n2)CC1)c1ccccc1. The van der Waals surface area contributed by atoms with Crippen LogP contribution in [0.15, 0.2) is 42.5 Å². The molecule has 1 N–H and O–H groups in total. The fourth-order valence-electron chi connectivity index (χ4n) is 3.75. The Morgan fingerprint density at radius 1 is 1.11 bits per heavy atom. The summed E-state index contributed by atoms with van der Waals surface area (Å²) in [6, 6.07) is 14.0. The van der Waals surface area contributed by atoms with Gasteiger partial charge in [0.05, 0.1) is 6.04 Å². The fourth-order valence-corrected chi connectivity index (χ4v) is 3.75. The molecule has 8 nitrogen and oxygen atoms in total. The zero-order chi connectivity index (χ0) is 19.5. The lowest BCUT2D eigenvalue weighted by Crippen LogP contribution is -2.42. The van der Waals surface area contributed by atoms with Crippen LogP contribution in [0.1, 0.15) is 38.3 Å². The van der Waals surface area contributed by atoms with Gasteiger partial charge in [0, 0.05) is 19.0 Å². The maximum absolute atomic E-state index is 12.9. The average molecular weight is 379 g/mol. The first-order valence-corrected chi connectivity index (χ1v) is 9.77. The second kappa shape index (κ2) is 7.92. The number of aromatic nitrogens is 5. The van der Waals surface area contributed by atoms with Gasteiger partial charge in [-0.25, -0.2) is 0 Å². The average Bonchev–Trinajstić information content (AvgIpc) is 3.20. The van der Waals surface area contributed by atoms with Crippen LogP contribution < -0.4 is 10.2 Å². The van der Waals surface area contributed by atoms with Gasteiger partial charge in [0.2, 0.25) is 5.91 Å². The van der Waals surface area contributed by atoms with Crippen molar-refractivity contribution in [3.8, 4) is 0 Å². The molecule has 1 aliphatic rings. The summed E-state index contributed by atoms with van der Waals surface area (Å²) in [5.41, 5.74) is 1.78. The number of nitrogens with zero attached hydrogens (tertiary/aromatic N) is 6. The second-order valence-electron chi connectivity index (χ2n) is 7.62. The van der Waals surface area contributed by atoms with Gasteiger partial charge in [0.15, 0.2) is 11.5 Å². The van der Waals surface area contributed by atoms with E-state index in [1.807, 2.05) is 30.3 Å². The third-order valence-electron chi connectivity index (χ3n) is 5.37. The van der Waals surface area contributed by atoms with Crippen LogP contribution in [0, 0.1) is 11.8 Å². The van der Waals surface area contributed by atoms with E-state index in [9.17, 15) is 4.79 Å². The molecule has 4 rings (SSSR count). The molecule has 1 unspecified atom stereocenters. The number of amides is 1. The minimum absolute atomic E-state index is 0.0259. The van der Waals surface area contributed by atoms with Crippen LogP contribution in [-0.4, -0.2) is 44.3 Å². The van der Waals surface area contributed by atoms with Gasteiger partial charge >= 0.3 is 0 Å². The lowest BCUT2D eigenvalue weighted by Gasteiger charge is -2.33. The van der Waals surface area contributed by atoms with E-state index in [0.717, 1.165) is 37.3 Å². The zero-order valence-electron chi connectivity index (χ0n) is 16.2.